The average molecular weight is 246 g/mol. The Morgan fingerprint density at radius 2 is 2.38 bits per heavy atom. The standard InChI is InChI=1S/C8H14N4O3S/c1-14-5-6-15-7(13)3-2-4-12-8(16)9-10-11-12/h2-6H2,1H3,(H,9,11,16). The molecular weight excluding hydrogens is 232 g/mol. The number of H-pyrrole nitrogens is 1. The first-order valence-electron chi connectivity index (χ1n) is 4.86. The van der Waals surface area contributed by atoms with E-state index in [4.69, 9.17) is 21.7 Å². The molecule has 1 heterocycles. The van der Waals surface area contributed by atoms with Gasteiger partial charge in [-0.25, -0.2) is 4.68 Å². The molecule has 0 radical (unpaired) electrons. The minimum absolute atomic E-state index is 0.240. The van der Waals surface area contributed by atoms with E-state index in [0.717, 1.165) is 0 Å². The Morgan fingerprint density at radius 1 is 1.56 bits per heavy atom. The normalized spacial score (nSPS) is 10.3. The number of hydrogen-bond acceptors (Lipinski definition) is 6. The third-order valence-corrected chi connectivity index (χ3v) is 2.15. The molecule has 0 unspecified atom stereocenters. The van der Waals surface area contributed by atoms with Gasteiger partial charge >= 0.3 is 5.97 Å². The van der Waals surface area contributed by atoms with Gasteiger partial charge in [0.15, 0.2) is 0 Å². The second kappa shape index (κ2) is 7.07. The van der Waals surface area contributed by atoms with Gasteiger partial charge < -0.3 is 9.47 Å². The first-order valence-corrected chi connectivity index (χ1v) is 5.27. The van der Waals surface area contributed by atoms with Crippen LogP contribution in [0.4, 0.5) is 0 Å². The highest BCUT2D eigenvalue weighted by Gasteiger charge is 2.03. The number of tetrazole rings is 1. The van der Waals surface area contributed by atoms with Gasteiger partial charge in [-0.15, -0.1) is 0 Å². The third kappa shape index (κ3) is 4.49. The van der Waals surface area contributed by atoms with Crippen LogP contribution in [0.3, 0.4) is 0 Å². The molecule has 90 valence electrons. The number of esters is 1. The molecule has 0 aliphatic rings. The molecule has 0 amide bonds. The summed E-state index contributed by atoms with van der Waals surface area (Å²) in [6.45, 7) is 1.28. The van der Waals surface area contributed by atoms with Crippen molar-refractivity contribution in [2.45, 2.75) is 19.4 Å². The van der Waals surface area contributed by atoms with Crippen LogP contribution in [0.25, 0.3) is 0 Å². The number of aryl methyl sites for hydroxylation is 1. The molecule has 8 heteroatoms. The first-order chi connectivity index (χ1) is 7.74. The van der Waals surface area contributed by atoms with Gasteiger partial charge in [-0.3, -0.25) is 4.79 Å². The molecule has 0 saturated carbocycles. The van der Waals surface area contributed by atoms with Crippen LogP contribution in [0, 0.1) is 4.77 Å². The van der Waals surface area contributed by atoms with E-state index in [0.29, 0.717) is 37.4 Å². The lowest BCUT2D eigenvalue weighted by molar-refractivity contribution is -0.145. The largest absolute Gasteiger partial charge is 0.463 e. The summed E-state index contributed by atoms with van der Waals surface area (Å²) in [4.78, 5) is 11.2. The zero-order chi connectivity index (χ0) is 11.8. The molecule has 0 aliphatic heterocycles. The van der Waals surface area contributed by atoms with Gasteiger partial charge in [-0.05, 0) is 18.6 Å². The molecule has 1 N–H and O–H groups in total. The zero-order valence-electron chi connectivity index (χ0n) is 9.01. The number of nitrogens with zero attached hydrogens (tertiary/aromatic N) is 3. The Labute approximate surface area is 97.7 Å². The zero-order valence-corrected chi connectivity index (χ0v) is 9.83. The van der Waals surface area contributed by atoms with Crippen LogP contribution in [0.15, 0.2) is 0 Å². The Morgan fingerprint density at radius 3 is 3.00 bits per heavy atom. The summed E-state index contributed by atoms with van der Waals surface area (Å²) >= 11 is 4.88. The molecule has 7 nitrogen and oxygen atoms in total. The summed E-state index contributed by atoms with van der Waals surface area (Å²) in [7, 11) is 1.56. The highest BCUT2D eigenvalue weighted by Crippen LogP contribution is 1.96. The number of hydrogen-bond donors (Lipinski definition) is 1. The van der Waals surface area contributed by atoms with E-state index in [1.807, 2.05) is 0 Å². The number of carbonyl (C=O) groups is 1. The van der Waals surface area contributed by atoms with Crippen molar-refractivity contribution in [2.75, 3.05) is 20.3 Å². The maximum atomic E-state index is 11.2. The van der Waals surface area contributed by atoms with Crippen LogP contribution in [-0.2, 0) is 20.8 Å². The van der Waals surface area contributed by atoms with E-state index in [-0.39, 0.29) is 5.97 Å². The van der Waals surface area contributed by atoms with Crippen LogP contribution < -0.4 is 0 Å². The fourth-order valence-corrected chi connectivity index (χ4v) is 1.23. The fraction of sp³-hybridized carbons (Fsp3) is 0.750. The Hall–Kier alpha value is -1.28. The van der Waals surface area contributed by atoms with Gasteiger partial charge in [-0.1, -0.05) is 10.3 Å². The van der Waals surface area contributed by atoms with Crippen molar-refractivity contribution in [2.24, 2.45) is 0 Å². The van der Waals surface area contributed by atoms with Crippen LogP contribution in [0.2, 0.25) is 0 Å². The van der Waals surface area contributed by atoms with E-state index in [9.17, 15) is 4.79 Å². The highest BCUT2D eigenvalue weighted by atomic mass is 32.1. The predicted molar refractivity (Wildman–Crippen MR) is 57.3 cm³/mol. The molecule has 1 rings (SSSR count). The smallest absolute Gasteiger partial charge is 0.305 e. The summed E-state index contributed by atoms with van der Waals surface area (Å²) < 4.78 is 11.6. The monoisotopic (exact) mass is 246 g/mol. The van der Waals surface area contributed by atoms with Crippen LogP contribution in [0.1, 0.15) is 12.8 Å². The summed E-state index contributed by atoms with van der Waals surface area (Å²) in [5.41, 5.74) is 0. The lowest BCUT2D eigenvalue weighted by atomic mass is 10.3. The van der Waals surface area contributed by atoms with E-state index in [1.54, 1.807) is 11.8 Å². The number of aromatic amines is 1. The third-order valence-electron chi connectivity index (χ3n) is 1.85. The van der Waals surface area contributed by atoms with Gasteiger partial charge in [0.05, 0.1) is 6.61 Å². The molecule has 16 heavy (non-hydrogen) atoms. The Balaban J connectivity index is 2.13. The number of rotatable bonds is 7. The van der Waals surface area contributed by atoms with Crippen LogP contribution in [0.5, 0.6) is 0 Å². The SMILES string of the molecule is COCCOC(=O)CCCn1[nH]nnc1=S. The van der Waals surface area contributed by atoms with E-state index in [2.05, 4.69) is 15.5 Å². The molecule has 0 aromatic carbocycles. The highest BCUT2D eigenvalue weighted by molar-refractivity contribution is 7.71. The lowest BCUT2D eigenvalue weighted by Crippen LogP contribution is -2.11. The summed E-state index contributed by atoms with van der Waals surface area (Å²) in [5.74, 6) is -0.240. The first kappa shape index (κ1) is 12.8. The van der Waals surface area contributed by atoms with Gasteiger partial charge in [0.1, 0.15) is 6.61 Å². The second-order valence-corrected chi connectivity index (χ2v) is 3.42. The minimum atomic E-state index is -0.240. The number of methoxy groups -OCH3 is 1. The molecule has 0 saturated heterocycles. The fourth-order valence-electron chi connectivity index (χ4n) is 1.05. The Bertz CT molecular complexity index is 375. The van der Waals surface area contributed by atoms with Crippen molar-refractivity contribution in [3.63, 3.8) is 0 Å². The summed E-state index contributed by atoms with van der Waals surface area (Å²) in [5, 5.41) is 9.76. The van der Waals surface area contributed by atoms with Crippen molar-refractivity contribution in [1.29, 1.82) is 0 Å². The molecule has 0 spiro atoms. The number of ether oxygens (including phenoxy) is 2. The van der Waals surface area contributed by atoms with Gasteiger partial charge in [-0.2, -0.15) is 5.21 Å². The summed E-state index contributed by atoms with van der Waals surface area (Å²) in [6.07, 6.45) is 0.967. The van der Waals surface area contributed by atoms with E-state index < -0.39 is 0 Å². The molecule has 0 aliphatic carbocycles. The minimum Gasteiger partial charge on any atom is -0.463 e. The van der Waals surface area contributed by atoms with Gasteiger partial charge in [0.2, 0.25) is 4.77 Å². The van der Waals surface area contributed by atoms with Crippen LogP contribution in [-0.4, -0.2) is 46.5 Å². The predicted octanol–water partition coefficient (Wildman–Crippen LogP) is 0.305. The molecular formula is C8H14N4O3S. The van der Waals surface area contributed by atoms with Gasteiger partial charge in [0, 0.05) is 20.1 Å². The number of carbonyl (C=O) groups excluding carboxylic acids is 1. The van der Waals surface area contributed by atoms with Crippen molar-refractivity contribution in [3.05, 3.63) is 4.77 Å². The Kier molecular flexibility index (Phi) is 5.65. The van der Waals surface area contributed by atoms with E-state index >= 15 is 0 Å². The van der Waals surface area contributed by atoms with E-state index in [1.165, 1.54) is 0 Å². The molecule has 0 fully saturated rings. The maximum absolute atomic E-state index is 11.2. The lowest BCUT2D eigenvalue weighted by Gasteiger charge is -2.03. The van der Waals surface area contributed by atoms with Crippen molar-refractivity contribution in [3.8, 4) is 0 Å². The molecule has 0 bridgehead atoms. The van der Waals surface area contributed by atoms with Crippen molar-refractivity contribution >= 4 is 18.2 Å². The molecule has 1 aromatic rings. The number of aromatic nitrogens is 4. The quantitative estimate of drug-likeness (QED) is 0.423. The van der Waals surface area contributed by atoms with Crippen molar-refractivity contribution < 1.29 is 14.3 Å². The maximum Gasteiger partial charge on any atom is 0.305 e. The van der Waals surface area contributed by atoms with Crippen LogP contribution >= 0.6 is 12.2 Å². The number of nitrogens with one attached hydrogen (secondary N) is 1. The topological polar surface area (TPSA) is 82.0 Å². The summed E-state index contributed by atoms with van der Waals surface area (Å²) in [6, 6.07) is 0. The average Bonchev–Trinajstić information content (AvgIpc) is 2.65. The van der Waals surface area contributed by atoms with Crippen molar-refractivity contribution in [1.82, 2.24) is 20.2 Å². The molecule has 1 aromatic heterocycles. The molecule has 0 atom stereocenters. The second-order valence-electron chi connectivity index (χ2n) is 3.05. The van der Waals surface area contributed by atoms with Gasteiger partial charge in [0.25, 0.3) is 0 Å².